The molecular formula is C28H18N2O2. The molecule has 0 aliphatic carbocycles. The molecule has 0 saturated heterocycles. The van der Waals surface area contributed by atoms with Crippen LogP contribution in [0.4, 0.5) is 5.69 Å². The molecule has 1 aromatic heterocycles. The minimum atomic E-state index is -0.320. The quantitative estimate of drug-likeness (QED) is 0.222. The smallest absolute Gasteiger partial charge is 0.277 e. The van der Waals surface area contributed by atoms with Gasteiger partial charge in [-0.15, -0.1) is 0 Å². The fraction of sp³-hybridized carbons (Fsp3) is 0. The van der Waals surface area contributed by atoms with Crippen molar-refractivity contribution in [2.45, 2.75) is 0 Å². The summed E-state index contributed by atoms with van der Waals surface area (Å²) in [6, 6.07) is 36.0. The lowest BCUT2D eigenvalue weighted by atomic mass is 10.00. The first-order valence-corrected chi connectivity index (χ1v) is 10.5. The van der Waals surface area contributed by atoms with Crippen molar-refractivity contribution in [3.63, 3.8) is 0 Å². The van der Waals surface area contributed by atoms with E-state index in [2.05, 4.69) is 65.2 Å². The minimum absolute atomic E-state index is 0.111. The summed E-state index contributed by atoms with van der Waals surface area (Å²) in [5.41, 5.74) is 4.76. The third kappa shape index (κ3) is 2.70. The molecule has 0 unspecified atom stereocenters. The molecule has 0 saturated carbocycles. The maximum atomic E-state index is 11.6. The zero-order valence-corrected chi connectivity index (χ0v) is 17.1. The Morgan fingerprint density at radius 1 is 0.656 bits per heavy atom. The number of rotatable bonds is 3. The molecular weight excluding hydrogens is 396 g/mol. The van der Waals surface area contributed by atoms with Crippen LogP contribution in [0.25, 0.3) is 49.4 Å². The Bertz CT molecular complexity index is 1650. The van der Waals surface area contributed by atoms with Gasteiger partial charge in [0.1, 0.15) is 0 Å². The van der Waals surface area contributed by atoms with Gasteiger partial charge in [-0.1, -0.05) is 72.8 Å². The van der Waals surface area contributed by atoms with Gasteiger partial charge in [0.25, 0.3) is 5.69 Å². The number of hydrogen-bond acceptors (Lipinski definition) is 2. The van der Waals surface area contributed by atoms with Gasteiger partial charge in [0.05, 0.1) is 21.5 Å². The number of nitro groups is 1. The second kappa shape index (κ2) is 7.06. The summed E-state index contributed by atoms with van der Waals surface area (Å²) >= 11 is 0. The third-order valence-electron chi connectivity index (χ3n) is 6.08. The number of para-hydroxylation sites is 2. The standard InChI is InChI=1S/C28H18N2O2/c31-30(32)25-13-7-6-11-22(25)20-14-16-24-27(18-20)29(21-9-2-1-3-10-21)26-17-15-19-8-4-5-12-23(19)28(24)26/h1-18H. The fourth-order valence-electron chi connectivity index (χ4n) is 4.69. The van der Waals surface area contributed by atoms with Gasteiger partial charge in [0.2, 0.25) is 0 Å². The predicted octanol–water partition coefficient (Wildman–Crippen LogP) is 7.51. The molecule has 0 spiro atoms. The van der Waals surface area contributed by atoms with Crippen LogP contribution in [-0.2, 0) is 0 Å². The van der Waals surface area contributed by atoms with E-state index in [1.165, 1.54) is 16.2 Å². The summed E-state index contributed by atoms with van der Waals surface area (Å²) in [6.07, 6.45) is 0. The molecule has 0 atom stereocenters. The molecule has 0 aliphatic heterocycles. The van der Waals surface area contributed by atoms with E-state index in [-0.39, 0.29) is 10.6 Å². The van der Waals surface area contributed by atoms with Crippen LogP contribution >= 0.6 is 0 Å². The molecule has 0 radical (unpaired) electrons. The summed E-state index contributed by atoms with van der Waals surface area (Å²) in [7, 11) is 0. The predicted molar refractivity (Wildman–Crippen MR) is 130 cm³/mol. The van der Waals surface area contributed by atoms with E-state index in [9.17, 15) is 10.1 Å². The van der Waals surface area contributed by atoms with Gasteiger partial charge < -0.3 is 4.57 Å². The van der Waals surface area contributed by atoms with Crippen LogP contribution in [0.5, 0.6) is 0 Å². The third-order valence-corrected chi connectivity index (χ3v) is 6.08. The first-order valence-electron chi connectivity index (χ1n) is 10.5. The van der Waals surface area contributed by atoms with Crippen LogP contribution in [0.1, 0.15) is 0 Å². The normalized spacial score (nSPS) is 11.4. The Kier molecular flexibility index (Phi) is 4.05. The van der Waals surface area contributed by atoms with E-state index in [1.807, 2.05) is 36.4 Å². The summed E-state index contributed by atoms with van der Waals surface area (Å²) in [6.45, 7) is 0. The molecule has 0 N–H and O–H groups in total. The number of aromatic nitrogens is 1. The second-order valence-electron chi connectivity index (χ2n) is 7.86. The number of benzene rings is 5. The van der Waals surface area contributed by atoms with Gasteiger partial charge in [-0.25, -0.2) is 0 Å². The minimum Gasteiger partial charge on any atom is -0.309 e. The van der Waals surface area contributed by atoms with Gasteiger partial charge in [0.15, 0.2) is 0 Å². The molecule has 5 aromatic carbocycles. The van der Waals surface area contributed by atoms with Crippen LogP contribution in [-0.4, -0.2) is 9.49 Å². The van der Waals surface area contributed by atoms with Crippen LogP contribution in [0.2, 0.25) is 0 Å². The molecule has 1 heterocycles. The van der Waals surface area contributed by atoms with Gasteiger partial charge >= 0.3 is 0 Å². The van der Waals surface area contributed by atoms with Gasteiger partial charge in [-0.2, -0.15) is 0 Å². The second-order valence-corrected chi connectivity index (χ2v) is 7.86. The lowest BCUT2D eigenvalue weighted by Crippen LogP contribution is -1.94. The van der Waals surface area contributed by atoms with Crippen LogP contribution < -0.4 is 0 Å². The topological polar surface area (TPSA) is 48.1 Å². The van der Waals surface area contributed by atoms with Gasteiger partial charge in [-0.05, 0) is 46.7 Å². The summed E-state index contributed by atoms with van der Waals surface area (Å²) in [5, 5.41) is 16.3. The maximum Gasteiger partial charge on any atom is 0.277 e. The summed E-state index contributed by atoms with van der Waals surface area (Å²) < 4.78 is 2.25. The zero-order valence-electron chi connectivity index (χ0n) is 17.1. The van der Waals surface area contributed by atoms with Gasteiger partial charge in [-0.3, -0.25) is 10.1 Å². The molecule has 0 aliphatic rings. The Balaban J connectivity index is 1.76. The molecule has 6 rings (SSSR count). The number of nitrogens with zero attached hydrogens (tertiary/aromatic N) is 2. The van der Waals surface area contributed by atoms with Crippen LogP contribution in [0.15, 0.2) is 109 Å². The lowest BCUT2D eigenvalue weighted by molar-refractivity contribution is -0.384. The van der Waals surface area contributed by atoms with Crippen LogP contribution in [0, 0.1) is 10.1 Å². The van der Waals surface area contributed by atoms with Crippen molar-refractivity contribution < 1.29 is 4.92 Å². The molecule has 4 nitrogen and oxygen atoms in total. The molecule has 4 heteroatoms. The molecule has 0 fully saturated rings. The Labute approximate surface area is 184 Å². The lowest BCUT2D eigenvalue weighted by Gasteiger charge is -2.09. The van der Waals surface area contributed by atoms with Crippen molar-refractivity contribution >= 4 is 38.3 Å². The van der Waals surface area contributed by atoms with Crippen molar-refractivity contribution in [2.24, 2.45) is 0 Å². The van der Waals surface area contributed by atoms with Crippen molar-refractivity contribution in [2.75, 3.05) is 0 Å². The van der Waals surface area contributed by atoms with Crippen LogP contribution in [0.3, 0.4) is 0 Å². The highest BCUT2D eigenvalue weighted by Crippen LogP contribution is 2.39. The largest absolute Gasteiger partial charge is 0.309 e. The first kappa shape index (κ1) is 18.3. The van der Waals surface area contributed by atoms with E-state index in [0.717, 1.165) is 27.7 Å². The molecule has 152 valence electrons. The molecule has 6 aromatic rings. The van der Waals surface area contributed by atoms with E-state index in [1.54, 1.807) is 12.1 Å². The SMILES string of the molecule is O=[N+]([O-])c1ccccc1-c1ccc2c3c4ccccc4ccc3n(-c3ccccc3)c2c1. The highest BCUT2D eigenvalue weighted by atomic mass is 16.6. The Hall–Kier alpha value is -4.44. The highest BCUT2D eigenvalue weighted by molar-refractivity contribution is 6.21. The number of fused-ring (bicyclic) bond motifs is 5. The fourth-order valence-corrected chi connectivity index (χ4v) is 4.69. The Morgan fingerprint density at radius 2 is 1.41 bits per heavy atom. The van der Waals surface area contributed by atoms with E-state index in [4.69, 9.17) is 0 Å². The van der Waals surface area contributed by atoms with Crippen molar-refractivity contribution in [3.8, 4) is 16.8 Å². The van der Waals surface area contributed by atoms with E-state index >= 15 is 0 Å². The van der Waals surface area contributed by atoms with Crippen molar-refractivity contribution in [3.05, 3.63) is 119 Å². The van der Waals surface area contributed by atoms with E-state index < -0.39 is 0 Å². The average molecular weight is 414 g/mol. The Morgan fingerprint density at radius 3 is 2.25 bits per heavy atom. The van der Waals surface area contributed by atoms with Gasteiger partial charge in [0, 0.05) is 22.5 Å². The zero-order chi connectivity index (χ0) is 21.7. The number of nitro benzene ring substituents is 1. The van der Waals surface area contributed by atoms with Crippen molar-refractivity contribution in [1.82, 2.24) is 4.57 Å². The molecule has 0 bridgehead atoms. The maximum absolute atomic E-state index is 11.6. The molecule has 0 amide bonds. The highest BCUT2D eigenvalue weighted by Gasteiger charge is 2.18. The average Bonchev–Trinajstić information content (AvgIpc) is 3.18. The van der Waals surface area contributed by atoms with E-state index in [0.29, 0.717) is 5.56 Å². The first-order chi connectivity index (χ1) is 15.7. The van der Waals surface area contributed by atoms with Crippen molar-refractivity contribution in [1.29, 1.82) is 0 Å². The summed E-state index contributed by atoms with van der Waals surface area (Å²) in [5.74, 6) is 0. The number of hydrogen-bond donors (Lipinski definition) is 0. The monoisotopic (exact) mass is 414 g/mol. The summed E-state index contributed by atoms with van der Waals surface area (Å²) in [4.78, 5) is 11.3. The molecule has 32 heavy (non-hydrogen) atoms.